The molecule has 5 nitrogen and oxygen atoms in total. The molecule has 0 fully saturated rings. The second kappa shape index (κ2) is 3.30. The maximum atomic E-state index is 5.73. The summed E-state index contributed by atoms with van der Waals surface area (Å²) in [5, 5.41) is 8.09. The third kappa shape index (κ3) is 1.30. The molecule has 0 unspecified atom stereocenters. The smallest absolute Gasteiger partial charge is 0.183 e. The van der Waals surface area contributed by atoms with Crippen LogP contribution in [0.3, 0.4) is 0 Å². The molecule has 2 heterocycles. The van der Waals surface area contributed by atoms with Crippen molar-refractivity contribution in [3.05, 3.63) is 42.6 Å². The molecule has 0 radical (unpaired) electrons. The van der Waals surface area contributed by atoms with Crippen LogP contribution in [0.2, 0.25) is 0 Å². The molecule has 2 N–H and O–H groups in total. The lowest BCUT2D eigenvalue weighted by molar-refractivity contribution is 0.817. The summed E-state index contributed by atoms with van der Waals surface area (Å²) in [6.07, 6.45) is 1.72. The first-order valence-electron chi connectivity index (χ1n) is 4.87. The summed E-state index contributed by atoms with van der Waals surface area (Å²) >= 11 is 0. The van der Waals surface area contributed by atoms with Crippen LogP contribution in [0.15, 0.2) is 42.6 Å². The molecule has 2 aromatic heterocycles. The number of nitrogen functional groups attached to an aromatic ring is 1. The number of aromatic nitrogens is 4. The average Bonchev–Trinajstić information content (AvgIpc) is 2.72. The van der Waals surface area contributed by atoms with Crippen molar-refractivity contribution in [3.63, 3.8) is 0 Å². The molecule has 0 atom stereocenters. The SMILES string of the molecule is Nc1cccc(-n2nnc3cccnc32)c1. The molecule has 78 valence electrons. The Morgan fingerprint density at radius 3 is 2.94 bits per heavy atom. The third-order valence-corrected chi connectivity index (χ3v) is 2.32. The molecule has 16 heavy (non-hydrogen) atoms. The predicted octanol–water partition coefficient (Wildman–Crippen LogP) is 1.40. The molecule has 3 rings (SSSR count). The third-order valence-electron chi connectivity index (χ3n) is 2.32. The molecular formula is C11H9N5. The van der Waals surface area contributed by atoms with Gasteiger partial charge in [-0.2, -0.15) is 4.68 Å². The van der Waals surface area contributed by atoms with E-state index in [1.54, 1.807) is 10.9 Å². The van der Waals surface area contributed by atoms with Gasteiger partial charge in [0.05, 0.1) is 5.69 Å². The molecule has 0 saturated carbocycles. The van der Waals surface area contributed by atoms with E-state index in [4.69, 9.17) is 5.73 Å². The lowest BCUT2D eigenvalue weighted by Crippen LogP contribution is -1.98. The van der Waals surface area contributed by atoms with Crippen molar-refractivity contribution in [2.24, 2.45) is 0 Å². The Kier molecular flexibility index (Phi) is 1.83. The first-order chi connectivity index (χ1) is 7.84. The van der Waals surface area contributed by atoms with Gasteiger partial charge >= 0.3 is 0 Å². The fraction of sp³-hybridized carbons (Fsp3) is 0. The number of pyridine rings is 1. The Morgan fingerprint density at radius 1 is 1.12 bits per heavy atom. The summed E-state index contributed by atoms with van der Waals surface area (Å²) in [4.78, 5) is 4.24. The number of fused-ring (bicyclic) bond motifs is 1. The van der Waals surface area contributed by atoms with E-state index in [-0.39, 0.29) is 0 Å². The Bertz CT molecular complexity index is 643. The molecule has 0 bridgehead atoms. The summed E-state index contributed by atoms with van der Waals surface area (Å²) in [7, 11) is 0. The summed E-state index contributed by atoms with van der Waals surface area (Å²) < 4.78 is 1.67. The lowest BCUT2D eigenvalue weighted by Gasteiger charge is -2.01. The highest BCUT2D eigenvalue weighted by molar-refractivity contribution is 5.71. The Balaban J connectivity index is 2.26. The maximum Gasteiger partial charge on any atom is 0.183 e. The second-order valence-corrected chi connectivity index (χ2v) is 3.44. The van der Waals surface area contributed by atoms with Crippen LogP contribution in [0.5, 0.6) is 0 Å². The van der Waals surface area contributed by atoms with Crippen LogP contribution in [0, 0.1) is 0 Å². The molecule has 5 heteroatoms. The number of benzene rings is 1. The van der Waals surface area contributed by atoms with Crippen LogP contribution in [-0.4, -0.2) is 20.0 Å². The van der Waals surface area contributed by atoms with Crippen LogP contribution in [0.4, 0.5) is 5.69 Å². The Hall–Kier alpha value is -2.43. The normalized spacial score (nSPS) is 10.8. The van der Waals surface area contributed by atoms with Gasteiger partial charge in [-0.25, -0.2) is 4.98 Å². The summed E-state index contributed by atoms with van der Waals surface area (Å²) in [6, 6.07) is 11.2. The van der Waals surface area contributed by atoms with Crippen LogP contribution in [0.1, 0.15) is 0 Å². The van der Waals surface area contributed by atoms with Crippen LogP contribution in [0.25, 0.3) is 16.9 Å². The van der Waals surface area contributed by atoms with Crippen molar-refractivity contribution >= 4 is 16.9 Å². The van der Waals surface area contributed by atoms with Crippen molar-refractivity contribution in [2.75, 3.05) is 5.73 Å². The average molecular weight is 211 g/mol. The minimum absolute atomic E-state index is 0.692. The minimum Gasteiger partial charge on any atom is -0.399 e. The zero-order valence-corrected chi connectivity index (χ0v) is 8.41. The Labute approximate surface area is 91.5 Å². The summed E-state index contributed by atoms with van der Waals surface area (Å²) in [5.74, 6) is 0. The van der Waals surface area contributed by atoms with E-state index in [0.29, 0.717) is 5.69 Å². The van der Waals surface area contributed by atoms with Crippen molar-refractivity contribution in [2.45, 2.75) is 0 Å². The van der Waals surface area contributed by atoms with E-state index in [2.05, 4.69) is 15.3 Å². The maximum absolute atomic E-state index is 5.73. The Morgan fingerprint density at radius 2 is 2.06 bits per heavy atom. The van der Waals surface area contributed by atoms with Gasteiger partial charge in [0, 0.05) is 11.9 Å². The molecule has 0 spiro atoms. The van der Waals surface area contributed by atoms with Crippen LogP contribution >= 0.6 is 0 Å². The van der Waals surface area contributed by atoms with Gasteiger partial charge in [-0.05, 0) is 30.3 Å². The largest absolute Gasteiger partial charge is 0.399 e. The molecule has 0 aliphatic rings. The zero-order chi connectivity index (χ0) is 11.0. The fourth-order valence-corrected chi connectivity index (χ4v) is 1.60. The fourth-order valence-electron chi connectivity index (χ4n) is 1.60. The highest BCUT2D eigenvalue weighted by atomic mass is 15.4. The van der Waals surface area contributed by atoms with Crippen LogP contribution in [-0.2, 0) is 0 Å². The quantitative estimate of drug-likeness (QED) is 0.617. The second-order valence-electron chi connectivity index (χ2n) is 3.44. The van der Waals surface area contributed by atoms with Crippen LogP contribution < -0.4 is 5.73 Å². The van der Waals surface area contributed by atoms with Crippen molar-refractivity contribution in [1.29, 1.82) is 0 Å². The van der Waals surface area contributed by atoms with Gasteiger partial charge in [-0.1, -0.05) is 11.3 Å². The van der Waals surface area contributed by atoms with Gasteiger partial charge in [-0.3, -0.25) is 0 Å². The number of hydrogen-bond acceptors (Lipinski definition) is 4. The molecule has 0 saturated heterocycles. The highest BCUT2D eigenvalue weighted by Crippen LogP contribution is 2.15. The van der Waals surface area contributed by atoms with E-state index in [1.807, 2.05) is 36.4 Å². The van der Waals surface area contributed by atoms with E-state index in [1.165, 1.54) is 0 Å². The zero-order valence-electron chi connectivity index (χ0n) is 8.41. The van der Waals surface area contributed by atoms with Gasteiger partial charge in [0.1, 0.15) is 5.52 Å². The summed E-state index contributed by atoms with van der Waals surface area (Å²) in [6.45, 7) is 0. The van der Waals surface area contributed by atoms with E-state index < -0.39 is 0 Å². The highest BCUT2D eigenvalue weighted by Gasteiger charge is 2.06. The molecule has 0 aliphatic carbocycles. The van der Waals surface area contributed by atoms with Crippen molar-refractivity contribution < 1.29 is 0 Å². The van der Waals surface area contributed by atoms with Gasteiger partial charge < -0.3 is 5.73 Å². The summed E-state index contributed by atoms with van der Waals surface area (Å²) in [5.41, 5.74) is 8.78. The number of rotatable bonds is 1. The van der Waals surface area contributed by atoms with Gasteiger partial charge in [0.15, 0.2) is 5.65 Å². The number of nitrogens with two attached hydrogens (primary N) is 1. The number of hydrogen-bond donors (Lipinski definition) is 1. The number of nitrogens with zero attached hydrogens (tertiary/aromatic N) is 4. The standard InChI is InChI=1S/C11H9N5/c12-8-3-1-4-9(7-8)16-11-10(14-15-16)5-2-6-13-11/h1-7H,12H2. The predicted molar refractivity (Wildman–Crippen MR) is 61.1 cm³/mol. The monoisotopic (exact) mass is 211 g/mol. The molecule has 3 aromatic rings. The first-order valence-corrected chi connectivity index (χ1v) is 4.87. The van der Waals surface area contributed by atoms with Gasteiger partial charge in [0.25, 0.3) is 0 Å². The first kappa shape index (κ1) is 8.84. The van der Waals surface area contributed by atoms with Crippen molar-refractivity contribution in [1.82, 2.24) is 20.0 Å². The van der Waals surface area contributed by atoms with Gasteiger partial charge in [0.2, 0.25) is 0 Å². The van der Waals surface area contributed by atoms with E-state index in [0.717, 1.165) is 16.9 Å². The number of anilines is 1. The molecular weight excluding hydrogens is 202 g/mol. The van der Waals surface area contributed by atoms with Gasteiger partial charge in [-0.15, -0.1) is 5.10 Å². The lowest BCUT2D eigenvalue weighted by atomic mass is 10.3. The van der Waals surface area contributed by atoms with Crippen molar-refractivity contribution in [3.8, 4) is 5.69 Å². The molecule has 0 aliphatic heterocycles. The molecule has 0 amide bonds. The topological polar surface area (TPSA) is 69.6 Å². The molecule has 1 aromatic carbocycles. The minimum atomic E-state index is 0.692. The van der Waals surface area contributed by atoms with E-state index in [9.17, 15) is 0 Å². The van der Waals surface area contributed by atoms with E-state index >= 15 is 0 Å².